The number of hydrogen-bond donors (Lipinski definition) is 2. The van der Waals surface area contributed by atoms with E-state index in [1.54, 1.807) is 0 Å². The highest BCUT2D eigenvalue weighted by Gasteiger charge is 2.29. The molecule has 1 aliphatic rings. The third-order valence-corrected chi connectivity index (χ3v) is 3.48. The molecule has 0 radical (unpaired) electrons. The molecule has 0 saturated heterocycles. The Morgan fingerprint density at radius 3 is 3.00 bits per heavy atom. The number of ether oxygens (including phenoxy) is 1. The first-order valence-corrected chi connectivity index (χ1v) is 6.99. The zero-order valence-electron chi connectivity index (χ0n) is 11.4. The van der Waals surface area contributed by atoms with E-state index in [9.17, 15) is 4.79 Å². The fraction of sp³-hybridized carbons (Fsp3) is 0.533. The van der Waals surface area contributed by atoms with Crippen LogP contribution in [0.3, 0.4) is 0 Å². The monoisotopic (exact) mass is 262 g/mol. The summed E-state index contributed by atoms with van der Waals surface area (Å²) in [7, 11) is 0. The van der Waals surface area contributed by atoms with E-state index in [1.807, 2.05) is 24.3 Å². The molecule has 1 amide bonds. The predicted octanol–water partition coefficient (Wildman–Crippen LogP) is 1.62. The smallest absolute Gasteiger partial charge is 0.261 e. The Bertz CT molecular complexity index is 409. The van der Waals surface area contributed by atoms with E-state index in [0.29, 0.717) is 13.0 Å². The van der Waals surface area contributed by atoms with Crippen LogP contribution in [0, 0.1) is 0 Å². The minimum atomic E-state index is -0.409. The Kier molecular flexibility index (Phi) is 4.80. The number of fused-ring (bicyclic) bond motifs is 1. The van der Waals surface area contributed by atoms with E-state index >= 15 is 0 Å². The summed E-state index contributed by atoms with van der Waals surface area (Å²) in [5.41, 5.74) is 6.79. The number of unbranched alkanes of at least 4 members (excludes halogenated alkanes) is 1. The number of para-hydroxylation sites is 1. The van der Waals surface area contributed by atoms with Crippen molar-refractivity contribution < 1.29 is 9.53 Å². The van der Waals surface area contributed by atoms with Gasteiger partial charge in [-0.2, -0.15) is 0 Å². The molecule has 3 N–H and O–H groups in total. The standard InChI is InChI=1S/C15H22N2O2/c1-2-3-7-12(10-16)17-15(18)14-9-11-6-4-5-8-13(11)19-14/h4-6,8,12,14H,2-3,7,9-10,16H2,1H3,(H,17,18). The van der Waals surface area contributed by atoms with Crippen LogP contribution in [0.15, 0.2) is 24.3 Å². The van der Waals surface area contributed by atoms with Crippen LogP contribution in [0.4, 0.5) is 0 Å². The molecular formula is C15H22N2O2. The van der Waals surface area contributed by atoms with Gasteiger partial charge in [-0.25, -0.2) is 0 Å². The predicted molar refractivity (Wildman–Crippen MR) is 75.1 cm³/mol. The van der Waals surface area contributed by atoms with Gasteiger partial charge in [0.1, 0.15) is 5.75 Å². The molecular weight excluding hydrogens is 240 g/mol. The first-order valence-electron chi connectivity index (χ1n) is 6.99. The van der Waals surface area contributed by atoms with E-state index in [0.717, 1.165) is 30.6 Å². The molecule has 0 saturated carbocycles. The molecule has 104 valence electrons. The van der Waals surface area contributed by atoms with Gasteiger partial charge in [0, 0.05) is 19.0 Å². The highest BCUT2D eigenvalue weighted by Crippen LogP contribution is 2.28. The number of nitrogens with one attached hydrogen (secondary N) is 1. The molecule has 1 aliphatic heterocycles. The Hall–Kier alpha value is -1.55. The van der Waals surface area contributed by atoms with Crippen molar-refractivity contribution in [1.82, 2.24) is 5.32 Å². The van der Waals surface area contributed by atoms with Crippen molar-refractivity contribution in [3.8, 4) is 5.75 Å². The van der Waals surface area contributed by atoms with Crippen molar-refractivity contribution in [1.29, 1.82) is 0 Å². The van der Waals surface area contributed by atoms with Crippen LogP contribution in [-0.4, -0.2) is 24.6 Å². The van der Waals surface area contributed by atoms with E-state index in [-0.39, 0.29) is 11.9 Å². The molecule has 2 atom stereocenters. The topological polar surface area (TPSA) is 64.3 Å². The van der Waals surface area contributed by atoms with Crippen molar-refractivity contribution in [2.75, 3.05) is 6.54 Å². The quantitative estimate of drug-likeness (QED) is 0.819. The lowest BCUT2D eigenvalue weighted by atomic mass is 10.1. The van der Waals surface area contributed by atoms with Crippen LogP contribution < -0.4 is 15.8 Å². The molecule has 0 spiro atoms. The third-order valence-electron chi connectivity index (χ3n) is 3.48. The summed E-state index contributed by atoms with van der Waals surface area (Å²) in [6.45, 7) is 2.61. The lowest BCUT2D eigenvalue weighted by molar-refractivity contribution is -0.127. The second-order valence-electron chi connectivity index (χ2n) is 5.00. The Morgan fingerprint density at radius 1 is 1.53 bits per heavy atom. The maximum absolute atomic E-state index is 12.2. The average Bonchev–Trinajstić information content (AvgIpc) is 2.87. The van der Waals surface area contributed by atoms with Gasteiger partial charge in [-0.3, -0.25) is 4.79 Å². The Morgan fingerprint density at radius 2 is 2.32 bits per heavy atom. The van der Waals surface area contributed by atoms with E-state index in [1.165, 1.54) is 0 Å². The van der Waals surface area contributed by atoms with Gasteiger partial charge in [-0.1, -0.05) is 38.0 Å². The lowest BCUT2D eigenvalue weighted by Crippen LogP contribution is -2.46. The molecule has 4 nitrogen and oxygen atoms in total. The number of nitrogens with two attached hydrogens (primary N) is 1. The van der Waals surface area contributed by atoms with Gasteiger partial charge in [0.2, 0.25) is 0 Å². The molecule has 0 aliphatic carbocycles. The first-order chi connectivity index (χ1) is 9.24. The SMILES string of the molecule is CCCCC(CN)NC(=O)C1Cc2ccccc2O1. The molecule has 2 rings (SSSR count). The summed E-state index contributed by atoms with van der Waals surface area (Å²) in [5.74, 6) is 0.767. The molecule has 1 aromatic rings. The zero-order valence-corrected chi connectivity index (χ0v) is 11.4. The fourth-order valence-electron chi connectivity index (χ4n) is 2.32. The minimum Gasteiger partial charge on any atom is -0.480 e. The number of carbonyl (C=O) groups is 1. The van der Waals surface area contributed by atoms with Gasteiger partial charge in [0.15, 0.2) is 6.10 Å². The fourth-order valence-corrected chi connectivity index (χ4v) is 2.32. The van der Waals surface area contributed by atoms with Crippen LogP contribution in [-0.2, 0) is 11.2 Å². The first kappa shape index (κ1) is 13.9. The van der Waals surface area contributed by atoms with Gasteiger partial charge < -0.3 is 15.8 Å². The number of benzene rings is 1. The van der Waals surface area contributed by atoms with Crippen LogP contribution in [0.25, 0.3) is 0 Å². The van der Waals surface area contributed by atoms with Gasteiger partial charge in [0.25, 0.3) is 5.91 Å². The lowest BCUT2D eigenvalue weighted by Gasteiger charge is -2.19. The maximum Gasteiger partial charge on any atom is 0.261 e. The molecule has 4 heteroatoms. The van der Waals surface area contributed by atoms with Crippen molar-refractivity contribution in [2.24, 2.45) is 5.73 Å². The van der Waals surface area contributed by atoms with Gasteiger partial charge in [0.05, 0.1) is 0 Å². The summed E-state index contributed by atoms with van der Waals surface area (Å²) in [5, 5.41) is 2.99. The summed E-state index contributed by atoms with van der Waals surface area (Å²) >= 11 is 0. The number of amides is 1. The van der Waals surface area contributed by atoms with Gasteiger partial charge >= 0.3 is 0 Å². The summed E-state index contributed by atoms with van der Waals surface area (Å²) in [6, 6.07) is 7.84. The molecule has 19 heavy (non-hydrogen) atoms. The molecule has 1 aromatic carbocycles. The minimum absolute atomic E-state index is 0.0530. The number of hydrogen-bond acceptors (Lipinski definition) is 3. The van der Waals surface area contributed by atoms with Crippen LogP contribution in [0.2, 0.25) is 0 Å². The van der Waals surface area contributed by atoms with Crippen molar-refractivity contribution in [3.63, 3.8) is 0 Å². The molecule has 1 heterocycles. The number of rotatable bonds is 6. The van der Waals surface area contributed by atoms with Crippen molar-refractivity contribution in [3.05, 3.63) is 29.8 Å². The second-order valence-corrected chi connectivity index (χ2v) is 5.00. The van der Waals surface area contributed by atoms with E-state index in [4.69, 9.17) is 10.5 Å². The Balaban J connectivity index is 1.88. The normalized spacial score (nSPS) is 18.5. The maximum atomic E-state index is 12.2. The Labute approximate surface area is 114 Å². The van der Waals surface area contributed by atoms with Gasteiger partial charge in [-0.15, -0.1) is 0 Å². The third kappa shape index (κ3) is 3.47. The van der Waals surface area contributed by atoms with Crippen LogP contribution in [0.1, 0.15) is 31.7 Å². The van der Waals surface area contributed by atoms with Gasteiger partial charge in [-0.05, 0) is 18.1 Å². The molecule has 0 bridgehead atoms. The van der Waals surface area contributed by atoms with E-state index < -0.39 is 6.10 Å². The molecule has 0 fully saturated rings. The second kappa shape index (κ2) is 6.57. The van der Waals surface area contributed by atoms with Crippen LogP contribution >= 0.6 is 0 Å². The highest BCUT2D eigenvalue weighted by molar-refractivity contribution is 5.82. The van der Waals surface area contributed by atoms with Crippen LogP contribution in [0.5, 0.6) is 5.75 Å². The van der Waals surface area contributed by atoms with E-state index in [2.05, 4.69) is 12.2 Å². The molecule has 2 unspecified atom stereocenters. The van der Waals surface area contributed by atoms with Crippen molar-refractivity contribution >= 4 is 5.91 Å². The highest BCUT2D eigenvalue weighted by atomic mass is 16.5. The zero-order chi connectivity index (χ0) is 13.7. The average molecular weight is 262 g/mol. The number of carbonyl (C=O) groups excluding carboxylic acids is 1. The van der Waals surface area contributed by atoms with Crippen molar-refractivity contribution in [2.45, 2.75) is 44.8 Å². The summed E-state index contributed by atoms with van der Waals surface area (Å²) in [6.07, 6.45) is 3.35. The molecule has 0 aromatic heterocycles. The summed E-state index contributed by atoms with van der Waals surface area (Å²) < 4.78 is 5.67. The summed E-state index contributed by atoms with van der Waals surface area (Å²) in [4.78, 5) is 12.2. The largest absolute Gasteiger partial charge is 0.480 e.